The summed E-state index contributed by atoms with van der Waals surface area (Å²) in [6.07, 6.45) is -1.65. The van der Waals surface area contributed by atoms with E-state index in [0.717, 1.165) is 27.4 Å². The minimum atomic E-state index is -4.75. The zero-order valence-corrected chi connectivity index (χ0v) is 26.2. The Kier molecular flexibility index (Phi) is 9.42. The second-order valence-corrected chi connectivity index (χ2v) is 11.8. The number of nitrogens with zero attached hydrogens (tertiary/aromatic N) is 6. The van der Waals surface area contributed by atoms with E-state index >= 15 is 0 Å². The van der Waals surface area contributed by atoms with Crippen LogP contribution >= 0.6 is 36.2 Å². The molecule has 0 atom stereocenters. The molecule has 44 heavy (non-hydrogen) atoms. The molecule has 0 radical (unpaired) electrons. The number of hydrazone groups is 1. The molecule has 4 aromatic rings. The van der Waals surface area contributed by atoms with Crippen LogP contribution in [0.1, 0.15) is 36.5 Å². The first-order chi connectivity index (χ1) is 21.0. The SMILES string of the molecule is Cc1ccc(C(C)C)c(N2C(=S)CSC2=NC(=S)N/N=C/c2ccc(-c3ncn(-c4ccc(OC(F)(F)F)cc4)n3)cc2)c1. The number of aliphatic imine (C=N–C) groups is 1. The van der Waals surface area contributed by atoms with Gasteiger partial charge in [0.05, 0.1) is 28.3 Å². The summed E-state index contributed by atoms with van der Waals surface area (Å²) in [7, 11) is 0. The molecule has 1 saturated heterocycles. The molecule has 2 heterocycles. The molecule has 0 unspecified atom stereocenters. The molecule has 8 nitrogen and oxygen atoms in total. The topological polar surface area (TPSA) is 79.9 Å². The van der Waals surface area contributed by atoms with Crippen molar-refractivity contribution in [3.05, 3.63) is 89.7 Å². The highest BCUT2D eigenvalue weighted by atomic mass is 32.2. The van der Waals surface area contributed by atoms with Crippen LogP contribution in [0.5, 0.6) is 5.75 Å². The molecule has 1 aliphatic rings. The lowest BCUT2D eigenvalue weighted by atomic mass is 9.99. The molecular weight excluding hydrogens is 628 g/mol. The molecule has 1 aliphatic heterocycles. The van der Waals surface area contributed by atoms with E-state index in [4.69, 9.17) is 24.4 Å². The molecule has 0 bridgehead atoms. The van der Waals surface area contributed by atoms with Crippen LogP contribution in [0.2, 0.25) is 0 Å². The molecular formula is C30H26F3N7OS3. The number of nitrogens with one attached hydrogen (secondary N) is 1. The largest absolute Gasteiger partial charge is 0.573 e. The molecule has 14 heteroatoms. The fraction of sp³-hybridized carbons (Fsp3) is 0.200. The van der Waals surface area contributed by atoms with Crippen LogP contribution < -0.4 is 15.1 Å². The lowest BCUT2D eigenvalue weighted by Gasteiger charge is -2.23. The van der Waals surface area contributed by atoms with Gasteiger partial charge in [-0.3, -0.25) is 10.3 Å². The van der Waals surface area contributed by atoms with Gasteiger partial charge >= 0.3 is 6.36 Å². The van der Waals surface area contributed by atoms with Crippen LogP contribution in [0.15, 0.2) is 83.2 Å². The van der Waals surface area contributed by atoms with Gasteiger partial charge in [0.2, 0.25) is 5.11 Å². The number of aryl methyl sites for hydroxylation is 1. The fourth-order valence-electron chi connectivity index (χ4n) is 4.33. The highest BCUT2D eigenvalue weighted by Crippen LogP contribution is 2.34. The smallest absolute Gasteiger partial charge is 0.406 e. The van der Waals surface area contributed by atoms with Gasteiger partial charge in [0, 0.05) is 5.56 Å². The Morgan fingerprint density at radius 3 is 2.50 bits per heavy atom. The number of benzene rings is 3. The summed E-state index contributed by atoms with van der Waals surface area (Å²) in [5.41, 5.74) is 8.24. The number of anilines is 1. The number of halogens is 3. The first-order valence-electron chi connectivity index (χ1n) is 13.3. The van der Waals surface area contributed by atoms with Crippen molar-refractivity contribution < 1.29 is 17.9 Å². The normalized spacial score (nSPS) is 14.7. The van der Waals surface area contributed by atoms with E-state index in [1.165, 1.54) is 52.6 Å². The summed E-state index contributed by atoms with van der Waals surface area (Å²) in [6.45, 7) is 6.35. The molecule has 0 aliphatic carbocycles. The molecule has 0 amide bonds. The molecule has 5 rings (SSSR count). The van der Waals surface area contributed by atoms with Gasteiger partial charge in [-0.15, -0.1) is 18.3 Å². The molecule has 0 saturated carbocycles. The number of rotatable bonds is 7. The van der Waals surface area contributed by atoms with Crippen LogP contribution in [0.25, 0.3) is 17.1 Å². The first kappa shape index (κ1) is 31.3. The summed E-state index contributed by atoms with van der Waals surface area (Å²) in [4.78, 5) is 11.7. The molecule has 1 aromatic heterocycles. The van der Waals surface area contributed by atoms with Crippen molar-refractivity contribution in [1.29, 1.82) is 0 Å². The number of thiocarbonyl (C=S) groups is 2. The van der Waals surface area contributed by atoms with E-state index in [0.29, 0.717) is 28.4 Å². The van der Waals surface area contributed by atoms with E-state index in [-0.39, 0.29) is 10.9 Å². The Balaban J connectivity index is 1.21. The van der Waals surface area contributed by atoms with Gasteiger partial charge in [-0.2, -0.15) is 10.1 Å². The van der Waals surface area contributed by atoms with Crippen LogP contribution in [-0.2, 0) is 0 Å². The fourth-order valence-corrected chi connectivity index (χ4v) is 5.82. The van der Waals surface area contributed by atoms with Crippen molar-refractivity contribution in [2.75, 3.05) is 10.7 Å². The van der Waals surface area contributed by atoms with Gasteiger partial charge in [0.1, 0.15) is 12.1 Å². The van der Waals surface area contributed by atoms with Gasteiger partial charge in [-0.25, -0.2) is 9.67 Å². The van der Waals surface area contributed by atoms with Gasteiger partial charge in [0.25, 0.3) is 0 Å². The lowest BCUT2D eigenvalue weighted by Crippen LogP contribution is -2.30. The number of hydrogen-bond donors (Lipinski definition) is 1. The van der Waals surface area contributed by atoms with Crippen LogP contribution in [0.3, 0.4) is 0 Å². The van der Waals surface area contributed by atoms with Crippen LogP contribution in [0, 0.1) is 6.92 Å². The van der Waals surface area contributed by atoms with Crippen molar-refractivity contribution >= 4 is 63.4 Å². The van der Waals surface area contributed by atoms with E-state index in [1.54, 1.807) is 6.21 Å². The Bertz CT molecular complexity index is 1730. The standard InChI is InChI=1S/C30H26F3N7OS3/c1-18(2)24-13-4-19(3)14-25(24)40-26(42)16-44-29(40)36-28(43)37-35-15-20-5-7-21(8-6-20)27-34-17-39(38-27)22-9-11-23(12-10-22)41-30(31,32)33/h4-15,17-18H,16H2,1-3H3,(H,37,43)/b35-15+,36-29?. The maximum Gasteiger partial charge on any atom is 0.573 e. The molecule has 0 spiro atoms. The summed E-state index contributed by atoms with van der Waals surface area (Å²) in [5.74, 6) is 1.10. The van der Waals surface area contributed by atoms with Crippen LogP contribution in [-0.4, -0.2) is 48.4 Å². The quantitative estimate of drug-likeness (QED) is 0.126. The average Bonchev–Trinajstić information content (AvgIpc) is 3.60. The zero-order valence-electron chi connectivity index (χ0n) is 23.7. The Morgan fingerprint density at radius 2 is 1.82 bits per heavy atom. The van der Waals surface area contributed by atoms with Crippen molar-refractivity contribution in [3.63, 3.8) is 0 Å². The summed E-state index contributed by atoms with van der Waals surface area (Å²) < 4.78 is 42.6. The zero-order chi connectivity index (χ0) is 31.4. The summed E-state index contributed by atoms with van der Waals surface area (Å²) in [6, 6.07) is 19.1. The highest BCUT2D eigenvalue weighted by molar-refractivity contribution is 8.16. The number of ether oxygens (including phenoxy) is 1. The van der Waals surface area contributed by atoms with E-state index in [2.05, 4.69) is 69.3 Å². The molecule has 226 valence electrons. The molecule has 1 fully saturated rings. The maximum absolute atomic E-state index is 12.4. The van der Waals surface area contributed by atoms with Gasteiger partial charge in [-0.05, 0) is 72.1 Å². The number of thioether (sulfide) groups is 1. The van der Waals surface area contributed by atoms with E-state index in [1.807, 2.05) is 29.2 Å². The van der Waals surface area contributed by atoms with Crippen molar-refractivity contribution in [2.45, 2.75) is 33.1 Å². The maximum atomic E-state index is 12.4. The predicted octanol–water partition coefficient (Wildman–Crippen LogP) is 7.41. The van der Waals surface area contributed by atoms with Crippen molar-refractivity contribution in [2.24, 2.45) is 10.1 Å². The number of alkyl halides is 3. The minimum Gasteiger partial charge on any atom is -0.406 e. The van der Waals surface area contributed by atoms with Gasteiger partial charge < -0.3 is 4.74 Å². The lowest BCUT2D eigenvalue weighted by molar-refractivity contribution is -0.274. The Morgan fingerprint density at radius 1 is 1.09 bits per heavy atom. The van der Waals surface area contributed by atoms with Crippen molar-refractivity contribution in [3.8, 4) is 22.8 Å². The Labute approximate surface area is 267 Å². The van der Waals surface area contributed by atoms with Gasteiger partial charge in [0.15, 0.2) is 11.0 Å². The van der Waals surface area contributed by atoms with E-state index < -0.39 is 6.36 Å². The minimum absolute atomic E-state index is 0.210. The average molecular weight is 654 g/mol. The molecule has 3 aromatic carbocycles. The number of amidine groups is 1. The van der Waals surface area contributed by atoms with E-state index in [9.17, 15) is 13.2 Å². The Hall–Kier alpha value is -4.14. The monoisotopic (exact) mass is 653 g/mol. The van der Waals surface area contributed by atoms with Gasteiger partial charge in [-0.1, -0.05) is 74.2 Å². The summed E-state index contributed by atoms with van der Waals surface area (Å²) in [5, 5.41) is 9.57. The number of aromatic nitrogens is 3. The van der Waals surface area contributed by atoms with Crippen molar-refractivity contribution in [1.82, 2.24) is 20.2 Å². The number of hydrogen-bond acceptors (Lipinski definition) is 7. The first-order valence-corrected chi connectivity index (χ1v) is 15.1. The predicted molar refractivity (Wildman–Crippen MR) is 177 cm³/mol. The second-order valence-electron chi connectivity index (χ2n) is 9.98. The van der Waals surface area contributed by atoms with Crippen LogP contribution in [0.4, 0.5) is 18.9 Å². The third-order valence-corrected chi connectivity index (χ3v) is 8.02. The molecule has 1 N–H and O–H groups in total. The second kappa shape index (κ2) is 13.2. The summed E-state index contributed by atoms with van der Waals surface area (Å²) >= 11 is 12.6. The highest BCUT2D eigenvalue weighted by Gasteiger charge is 2.31. The third-order valence-electron chi connectivity index (χ3n) is 6.38. The third kappa shape index (κ3) is 7.68.